The summed E-state index contributed by atoms with van der Waals surface area (Å²) in [6.45, 7) is 9.54. The van der Waals surface area contributed by atoms with E-state index in [1.54, 1.807) is 22.2 Å². The van der Waals surface area contributed by atoms with E-state index in [1.807, 2.05) is 26.2 Å². The standard InChI is InChI=1S/C32H35FN6O2S/c1-21-4-5-24-16-27(23-6-8-26(33)9-7-23)29(17-25(24)18-39(21)11-10-38-12-14-41-15-13-38)34-31(40)30-20-42-32(35-30)28-19-37(3)36-22(28)2/h5-9,16-21H,4,10-15H2,1-3H3,(H,34,40). The van der Waals surface area contributed by atoms with Gasteiger partial charge in [0.2, 0.25) is 0 Å². The van der Waals surface area contributed by atoms with E-state index in [4.69, 9.17) is 4.74 Å². The lowest BCUT2D eigenvalue weighted by molar-refractivity contribution is 0.0349. The summed E-state index contributed by atoms with van der Waals surface area (Å²) >= 11 is 1.42. The van der Waals surface area contributed by atoms with Crippen molar-refractivity contribution in [3.63, 3.8) is 0 Å². The molecule has 1 amide bonds. The first-order chi connectivity index (χ1) is 20.3. The molecular formula is C32H35FN6O2S. The molecular weight excluding hydrogens is 551 g/mol. The number of halogens is 1. The average Bonchev–Trinajstić information content (AvgIpc) is 3.57. The third-order valence-electron chi connectivity index (χ3n) is 7.94. The molecule has 1 unspecified atom stereocenters. The van der Waals surface area contributed by atoms with Crippen LogP contribution in [0.15, 0.2) is 48.0 Å². The SMILES string of the molecule is Cc1nn(C)cc1-c1nc(C(=O)Nc2cc3c(cc2-c2ccc(F)cc2)=CCC(C)N(CCN2CCOCC2)C=3)cs1. The van der Waals surface area contributed by atoms with Crippen molar-refractivity contribution in [3.05, 3.63) is 75.6 Å². The zero-order valence-electron chi connectivity index (χ0n) is 24.1. The van der Waals surface area contributed by atoms with Crippen LogP contribution < -0.4 is 15.8 Å². The van der Waals surface area contributed by atoms with Crippen molar-refractivity contribution in [2.75, 3.05) is 44.7 Å². The Kier molecular flexibility index (Phi) is 8.19. The van der Waals surface area contributed by atoms with E-state index in [-0.39, 0.29) is 11.7 Å². The summed E-state index contributed by atoms with van der Waals surface area (Å²) < 4.78 is 21.1. The van der Waals surface area contributed by atoms with Crippen molar-refractivity contribution in [2.45, 2.75) is 26.3 Å². The molecule has 0 saturated carbocycles. The molecule has 1 saturated heterocycles. The van der Waals surface area contributed by atoms with Crippen LogP contribution in [-0.4, -0.2) is 75.9 Å². The average molecular weight is 587 g/mol. The molecule has 218 valence electrons. The fourth-order valence-corrected chi connectivity index (χ4v) is 6.36. The number of carbonyl (C=O) groups is 1. The number of ether oxygens (including phenoxy) is 1. The van der Waals surface area contributed by atoms with Crippen LogP contribution in [0, 0.1) is 12.7 Å². The molecule has 1 atom stereocenters. The van der Waals surface area contributed by atoms with Gasteiger partial charge in [-0.25, -0.2) is 9.37 Å². The summed E-state index contributed by atoms with van der Waals surface area (Å²) in [5.41, 5.74) is 4.44. The lowest BCUT2D eigenvalue weighted by atomic mass is 10.0. The molecule has 2 aromatic carbocycles. The van der Waals surface area contributed by atoms with Crippen LogP contribution in [0.3, 0.4) is 0 Å². The topological polar surface area (TPSA) is 75.5 Å². The van der Waals surface area contributed by atoms with Crippen LogP contribution in [0.25, 0.3) is 34.0 Å². The summed E-state index contributed by atoms with van der Waals surface area (Å²) in [7, 11) is 1.87. The van der Waals surface area contributed by atoms with E-state index >= 15 is 0 Å². The molecule has 2 aliphatic heterocycles. The number of hydrogen-bond acceptors (Lipinski definition) is 7. The molecule has 2 aromatic heterocycles. The third kappa shape index (κ3) is 6.16. The van der Waals surface area contributed by atoms with E-state index in [1.165, 1.54) is 23.5 Å². The molecule has 8 nitrogen and oxygen atoms in total. The molecule has 6 rings (SSSR count). The van der Waals surface area contributed by atoms with E-state index in [0.717, 1.165) is 83.6 Å². The molecule has 1 fully saturated rings. The van der Waals surface area contributed by atoms with Crippen molar-refractivity contribution in [1.29, 1.82) is 0 Å². The first kappa shape index (κ1) is 28.3. The Morgan fingerprint density at radius 3 is 2.64 bits per heavy atom. The molecule has 1 N–H and O–H groups in total. The van der Waals surface area contributed by atoms with Crippen LogP contribution in [0.1, 0.15) is 29.5 Å². The van der Waals surface area contributed by atoms with Crippen LogP contribution in [0.5, 0.6) is 0 Å². The third-order valence-corrected chi connectivity index (χ3v) is 8.81. The molecule has 4 aromatic rings. The van der Waals surface area contributed by atoms with Gasteiger partial charge in [0.1, 0.15) is 16.5 Å². The van der Waals surface area contributed by atoms with Gasteiger partial charge in [-0.3, -0.25) is 14.4 Å². The van der Waals surface area contributed by atoms with Crippen LogP contribution in [-0.2, 0) is 11.8 Å². The predicted molar refractivity (Wildman–Crippen MR) is 165 cm³/mol. The van der Waals surface area contributed by atoms with E-state index < -0.39 is 0 Å². The summed E-state index contributed by atoms with van der Waals surface area (Å²) in [6, 6.07) is 10.8. The van der Waals surface area contributed by atoms with Gasteiger partial charge in [-0.1, -0.05) is 18.2 Å². The van der Waals surface area contributed by atoms with Gasteiger partial charge in [-0.05, 0) is 60.5 Å². The smallest absolute Gasteiger partial charge is 0.275 e. The highest BCUT2D eigenvalue weighted by Crippen LogP contribution is 2.29. The van der Waals surface area contributed by atoms with Crippen molar-refractivity contribution < 1.29 is 13.9 Å². The molecule has 0 bridgehead atoms. The largest absolute Gasteiger partial charge is 0.379 e. The van der Waals surface area contributed by atoms with E-state index in [2.05, 4.69) is 50.5 Å². The minimum atomic E-state index is -0.301. The van der Waals surface area contributed by atoms with Crippen molar-refractivity contribution in [1.82, 2.24) is 24.6 Å². The Hall–Kier alpha value is -3.86. The van der Waals surface area contributed by atoms with Crippen molar-refractivity contribution in [3.8, 4) is 21.7 Å². The second kappa shape index (κ2) is 12.2. The van der Waals surface area contributed by atoms with Crippen LogP contribution in [0.2, 0.25) is 0 Å². The molecule has 42 heavy (non-hydrogen) atoms. The zero-order valence-corrected chi connectivity index (χ0v) is 25.0. The number of benzene rings is 2. The number of anilines is 1. The molecule has 4 heterocycles. The minimum absolute atomic E-state index is 0.294. The molecule has 0 spiro atoms. The number of hydrogen-bond donors (Lipinski definition) is 1. The first-order valence-corrected chi connectivity index (χ1v) is 15.2. The Balaban J connectivity index is 1.34. The molecule has 0 aliphatic carbocycles. The van der Waals surface area contributed by atoms with E-state index in [9.17, 15) is 9.18 Å². The Morgan fingerprint density at radius 2 is 1.90 bits per heavy atom. The fraction of sp³-hybridized carbons (Fsp3) is 0.344. The summed E-state index contributed by atoms with van der Waals surface area (Å²) in [5.74, 6) is -0.595. The lowest BCUT2D eigenvalue weighted by Crippen LogP contribution is -2.42. The van der Waals surface area contributed by atoms with Gasteiger partial charge in [-0.15, -0.1) is 11.3 Å². The Morgan fingerprint density at radius 1 is 1.12 bits per heavy atom. The number of amides is 1. The van der Waals surface area contributed by atoms with Crippen LogP contribution >= 0.6 is 11.3 Å². The van der Waals surface area contributed by atoms with Gasteiger partial charge in [-0.2, -0.15) is 5.10 Å². The molecule has 2 aliphatic rings. The first-order valence-electron chi connectivity index (χ1n) is 14.3. The minimum Gasteiger partial charge on any atom is -0.379 e. The molecule has 0 radical (unpaired) electrons. The summed E-state index contributed by atoms with van der Waals surface area (Å²) in [4.78, 5) is 23.0. The van der Waals surface area contributed by atoms with Gasteiger partial charge < -0.3 is 15.0 Å². The number of fused-ring (bicyclic) bond motifs is 1. The number of nitrogens with zero attached hydrogens (tertiary/aromatic N) is 5. The Bertz CT molecular complexity index is 1710. The zero-order chi connectivity index (χ0) is 29.2. The number of aromatic nitrogens is 3. The highest BCUT2D eigenvalue weighted by atomic mass is 32.1. The number of carbonyl (C=O) groups excluding carboxylic acids is 1. The summed E-state index contributed by atoms with van der Waals surface area (Å²) in [5, 5.41) is 12.2. The monoisotopic (exact) mass is 586 g/mol. The number of nitrogens with one attached hydrogen (secondary N) is 1. The molecule has 10 heteroatoms. The quantitative estimate of drug-likeness (QED) is 0.355. The maximum absolute atomic E-state index is 13.8. The highest BCUT2D eigenvalue weighted by Gasteiger charge is 2.19. The van der Waals surface area contributed by atoms with Gasteiger partial charge in [0.05, 0.1) is 24.5 Å². The number of thiazole rings is 1. The van der Waals surface area contributed by atoms with Crippen molar-refractivity contribution in [2.24, 2.45) is 7.05 Å². The van der Waals surface area contributed by atoms with Gasteiger partial charge in [0.15, 0.2) is 0 Å². The highest BCUT2D eigenvalue weighted by molar-refractivity contribution is 7.13. The Labute approximate surface area is 248 Å². The van der Waals surface area contributed by atoms with Crippen LogP contribution in [0.4, 0.5) is 10.1 Å². The normalized spacial score (nSPS) is 17.2. The van der Waals surface area contributed by atoms with Gasteiger partial charge >= 0.3 is 0 Å². The number of morpholine rings is 1. The second-order valence-corrected chi connectivity index (χ2v) is 11.8. The maximum Gasteiger partial charge on any atom is 0.275 e. The van der Waals surface area contributed by atoms with E-state index in [0.29, 0.717) is 17.4 Å². The fourth-order valence-electron chi connectivity index (χ4n) is 5.50. The summed E-state index contributed by atoms with van der Waals surface area (Å²) in [6.07, 6.45) is 7.27. The van der Waals surface area contributed by atoms with Gasteiger partial charge in [0, 0.05) is 68.3 Å². The number of aryl methyl sites for hydroxylation is 2. The van der Waals surface area contributed by atoms with Crippen molar-refractivity contribution >= 4 is 35.2 Å². The maximum atomic E-state index is 13.8. The lowest BCUT2D eigenvalue weighted by Gasteiger charge is -2.32. The second-order valence-electron chi connectivity index (χ2n) is 10.9. The van der Waals surface area contributed by atoms with Gasteiger partial charge in [0.25, 0.3) is 5.91 Å². The number of rotatable bonds is 7. The predicted octanol–water partition coefficient (Wildman–Crippen LogP) is 3.86.